The molecule has 2 rings (SSSR count). The van der Waals surface area contributed by atoms with E-state index in [0.717, 1.165) is 5.56 Å². The molecular weight excluding hydrogens is 342 g/mol. The van der Waals surface area contributed by atoms with Crippen molar-refractivity contribution in [2.45, 2.75) is 24.8 Å². The Bertz CT molecular complexity index is 881. The van der Waals surface area contributed by atoms with E-state index in [0.29, 0.717) is 17.1 Å². The Hall–Kier alpha value is -2.58. The van der Waals surface area contributed by atoms with Crippen molar-refractivity contribution in [1.29, 1.82) is 0 Å². The molecule has 7 nitrogen and oxygen atoms in total. The maximum Gasteiger partial charge on any atom is 0.246 e. The monoisotopic (exact) mass is 363 g/mol. The quantitative estimate of drug-likeness (QED) is 0.728. The number of ether oxygens (including phenoxy) is 1. The van der Waals surface area contributed by atoms with Crippen LogP contribution in [0.2, 0.25) is 0 Å². The van der Waals surface area contributed by atoms with Gasteiger partial charge in [0, 0.05) is 5.69 Å². The van der Waals surface area contributed by atoms with E-state index >= 15 is 0 Å². The number of carbonyl (C=O) groups is 1. The van der Waals surface area contributed by atoms with Gasteiger partial charge in [-0.2, -0.15) is 0 Å². The molecule has 0 saturated heterocycles. The molecule has 0 aliphatic heterocycles. The zero-order valence-corrected chi connectivity index (χ0v) is 15.1. The van der Waals surface area contributed by atoms with Crippen LogP contribution in [0.4, 0.5) is 11.4 Å². The molecule has 0 bridgehead atoms. The Kier molecular flexibility index (Phi) is 5.66. The summed E-state index contributed by atoms with van der Waals surface area (Å²) >= 11 is 0. The van der Waals surface area contributed by atoms with E-state index in [4.69, 9.17) is 9.88 Å². The smallest absolute Gasteiger partial charge is 0.246 e. The lowest BCUT2D eigenvalue weighted by atomic mass is 10.2. The second-order valence-electron chi connectivity index (χ2n) is 5.63. The Balaban J connectivity index is 2.12. The van der Waals surface area contributed by atoms with Crippen LogP contribution >= 0.6 is 0 Å². The zero-order chi connectivity index (χ0) is 18.6. The van der Waals surface area contributed by atoms with Gasteiger partial charge in [-0.25, -0.2) is 13.6 Å². The topological polar surface area (TPSA) is 111 Å². The summed E-state index contributed by atoms with van der Waals surface area (Å²) in [6.07, 6.45) is 0. The number of amides is 1. The first-order chi connectivity index (χ1) is 11.7. The molecule has 0 aliphatic carbocycles. The maximum atomic E-state index is 12.4. The van der Waals surface area contributed by atoms with Gasteiger partial charge < -0.3 is 15.4 Å². The van der Waals surface area contributed by atoms with Crippen LogP contribution in [0, 0.1) is 6.92 Å². The first-order valence-electron chi connectivity index (χ1n) is 7.55. The van der Waals surface area contributed by atoms with Crippen LogP contribution in [0.3, 0.4) is 0 Å². The lowest BCUT2D eigenvalue weighted by Crippen LogP contribution is -2.32. The lowest BCUT2D eigenvalue weighted by Gasteiger charge is -2.18. The number of benzene rings is 2. The van der Waals surface area contributed by atoms with Gasteiger partial charge in [-0.3, -0.25) is 4.79 Å². The molecule has 4 N–H and O–H groups in total. The van der Waals surface area contributed by atoms with Gasteiger partial charge in [0.1, 0.15) is 11.8 Å². The van der Waals surface area contributed by atoms with Crippen LogP contribution in [0.25, 0.3) is 0 Å². The number of hydrogen-bond acceptors (Lipinski definition) is 5. The molecule has 0 fully saturated rings. The third kappa shape index (κ3) is 4.94. The van der Waals surface area contributed by atoms with Crippen LogP contribution < -0.4 is 20.5 Å². The number of primary sulfonamides is 1. The van der Waals surface area contributed by atoms with Gasteiger partial charge in [0.15, 0.2) is 0 Å². The van der Waals surface area contributed by atoms with Crippen molar-refractivity contribution < 1.29 is 17.9 Å². The number of aryl methyl sites for hydroxylation is 1. The average Bonchev–Trinajstić information content (AvgIpc) is 2.54. The largest absolute Gasteiger partial charge is 0.495 e. The van der Waals surface area contributed by atoms with Gasteiger partial charge in [0.2, 0.25) is 15.9 Å². The second kappa shape index (κ2) is 7.54. The predicted octanol–water partition coefficient (Wildman–Crippen LogP) is 2.09. The summed E-state index contributed by atoms with van der Waals surface area (Å²) in [5, 5.41) is 10.8. The minimum Gasteiger partial charge on any atom is -0.495 e. The van der Waals surface area contributed by atoms with E-state index in [1.807, 2.05) is 25.1 Å². The molecule has 0 saturated carbocycles. The highest BCUT2D eigenvalue weighted by Gasteiger charge is 2.16. The zero-order valence-electron chi connectivity index (χ0n) is 14.2. The molecule has 25 heavy (non-hydrogen) atoms. The SMILES string of the molecule is COc1ccc(C)cc1NC(C)C(=O)Nc1cccc(S(N)(=O)=O)c1. The van der Waals surface area contributed by atoms with Crippen LogP contribution in [0.5, 0.6) is 5.75 Å². The number of anilines is 2. The number of hydrogen-bond donors (Lipinski definition) is 3. The summed E-state index contributed by atoms with van der Waals surface area (Å²) in [7, 11) is -2.27. The fourth-order valence-corrected chi connectivity index (χ4v) is 2.79. The fraction of sp³-hybridized carbons (Fsp3) is 0.235. The third-order valence-corrected chi connectivity index (χ3v) is 4.46. The molecule has 1 amide bonds. The van der Waals surface area contributed by atoms with E-state index in [2.05, 4.69) is 10.6 Å². The van der Waals surface area contributed by atoms with Crippen molar-refractivity contribution in [3.8, 4) is 5.75 Å². The van der Waals surface area contributed by atoms with Gasteiger partial charge in [0.25, 0.3) is 0 Å². The number of sulfonamides is 1. The Labute approximate surface area is 147 Å². The van der Waals surface area contributed by atoms with Gasteiger partial charge in [-0.1, -0.05) is 12.1 Å². The molecule has 2 aromatic rings. The minimum atomic E-state index is -3.83. The molecule has 0 spiro atoms. The molecule has 0 radical (unpaired) electrons. The average molecular weight is 363 g/mol. The number of nitrogens with two attached hydrogens (primary N) is 1. The van der Waals surface area contributed by atoms with E-state index in [-0.39, 0.29) is 10.8 Å². The highest BCUT2D eigenvalue weighted by atomic mass is 32.2. The Morgan fingerprint density at radius 3 is 2.56 bits per heavy atom. The molecular formula is C17H21N3O4S. The molecule has 2 aromatic carbocycles. The maximum absolute atomic E-state index is 12.4. The van der Waals surface area contributed by atoms with Crippen LogP contribution in [0.1, 0.15) is 12.5 Å². The molecule has 1 atom stereocenters. The fourth-order valence-electron chi connectivity index (χ4n) is 2.23. The summed E-state index contributed by atoms with van der Waals surface area (Å²) in [5.74, 6) is 0.302. The molecule has 8 heteroatoms. The molecule has 0 aromatic heterocycles. The highest BCUT2D eigenvalue weighted by Crippen LogP contribution is 2.26. The van der Waals surface area contributed by atoms with Gasteiger partial charge in [-0.05, 0) is 49.7 Å². The number of nitrogens with one attached hydrogen (secondary N) is 2. The van der Waals surface area contributed by atoms with Gasteiger partial charge >= 0.3 is 0 Å². The second-order valence-corrected chi connectivity index (χ2v) is 7.19. The van der Waals surface area contributed by atoms with E-state index in [1.165, 1.54) is 18.2 Å². The summed E-state index contributed by atoms with van der Waals surface area (Å²) in [6, 6.07) is 10.8. The summed E-state index contributed by atoms with van der Waals surface area (Å²) < 4.78 is 28.1. The summed E-state index contributed by atoms with van der Waals surface area (Å²) in [6.45, 7) is 3.63. The number of methoxy groups -OCH3 is 1. The van der Waals surface area contributed by atoms with Crippen molar-refractivity contribution in [1.82, 2.24) is 0 Å². The predicted molar refractivity (Wildman–Crippen MR) is 97.3 cm³/mol. The lowest BCUT2D eigenvalue weighted by molar-refractivity contribution is -0.116. The summed E-state index contributed by atoms with van der Waals surface area (Å²) in [4.78, 5) is 12.3. The van der Waals surface area contributed by atoms with Crippen molar-refractivity contribution in [3.05, 3.63) is 48.0 Å². The standard InChI is InChI=1S/C17H21N3O4S/c1-11-7-8-16(24-3)15(9-11)19-12(2)17(21)20-13-5-4-6-14(10-13)25(18,22)23/h4-10,12,19H,1-3H3,(H,20,21)(H2,18,22,23). The first-order valence-corrected chi connectivity index (χ1v) is 9.10. The molecule has 0 heterocycles. The van der Waals surface area contributed by atoms with E-state index in [1.54, 1.807) is 20.1 Å². The van der Waals surface area contributed by atoms with Crippen LogP contribution in [0.15, 0.2) is 47.4 Å². The Morgan fingerprint density at radius 2 is 1.92 bits per heavy atom. The van der Waals surface area contributed by atoms with Crippen molar-refractivity contribution in [2.75, 3.05) is 17.7 Å². The van der Waals surface area contributed by atoms with Gasteiger partial charge in [0.05, 0.1) is 17.7 Å². The first kappa shape index (κ1) is 18.8. The molecule has 1 unspecified atom stereocenters. The normalized spacial score (nSPS) is 12.3. The van der Waals surface area contributed by atoms with Crippen molar-refractivity contribution in [3.63, 3.8) is 0 Å². The third-order valence-electron chi connectivity index (χ3n) is 3.55. The van der Waals surface area contributed by atoms with Crippen molar-refractivity contribution in [2.24, 2.45) is 5.14 Å². The van der Waals surface area contributed by atoms with Gasteiger partial charge in [-0.15, -0.1) is 0 Å². The molecule has 134 valence electrons. The number of rotatable bonds is 6. The van der Waals surface area contributed by atoms with E-state index in [9.17, 15) is 13.2 Å². The van der Waals surface area contributed by atoms with Crippen LogP contribution in [-0.2, 0) is 14.8 Å². The van der Waals surface area contributed by atoms with E-state index < -0.39 is 16.1 Å². The van der Waals surface area contributed by atoms with Crippen LogP contribution in [-0.4, -0.2) is 27.5 Å². The summed E-state index contributed by atoms with van der Waals surface area (Å²) in [5.41, 5.74) is 2.07. The number of carbonyl (C=O) groups excluding carboxylic acids is 1. The Morgan fingerprint density at radius 1 is 1.20 bits per heavy atom. The highest BCUT2D eigenvalue weighted by molar-refractivity contribution is 7.89. The van der Waals surface area contributed by atoms with Crippen molar-refractivity contribution >= 4 is 27.3 Å². The molecule has 0 aliphatic rings. The minimum absolute atomic E-state index is 0.0636.